The molecule has 0 spiro atoms. The highest BCUT2D eigenvalue weighted by atomic mass is 35.5. The number of amides is 2. The summed E-state index contributed by atoms with van der Waals surface area (Å²) >= 11 is 5.76. The molecule has 2 amide bonds. The zero-order valence-electron chi connectivity index (χ0n) is 16.5. The lowest BCUT2D eigenvalue weighted by atomic mass is 9.88. The molecule has 0 aliphatic heterocycles. The van der Waals surface area contributed by atoms with Crippen LogP contribution in [0, 0.1) is 11.8 Å². The largest absolute Gasteiger partial charge is 0.451 e. The first kappa shape index (κ1) is 22.1. The van der Waals surface area contributed by atoms with Gasteiger partial charge >= 0.3 is 5.97 Å². The van der Waals surface area contributed by atoms with Crippen molar-refractivity contribution >= 4 is 35.2 Å². The molecular formula is C20H28ClN3O4. The first-order valence-corrected chi connectivity index (χ1v) is 10.1. The van der Waals surface area contributed by atoms with E-state index in [-0.39, 0.29) is 17.7 Å². The van der Waals surface area contributed by atoms with Gasteiger partial charge in [-0.25, -0.2) is 9.78 Å². The maximum absolute atomic E-state index is 12.6. The van der Waals surface area contributed by atoms with E-state index in [1.54, 1.807) is 12.1 Å². The summed E-state index contributed by atoms with van der Waals surface area (Å²) in [4.78, 5) is 41.3. The predicted octanol–water partition coefficient (Wildman–Crippen LogP) is 3.33. The number of hydrogen-bond donors (Lipinski definition) is 2. The number of nitrogens with zero attached hydrogens (tertiary/aromatic N) is 1. The number of halogens is 1. The van der Waals surface area contributed by atoms with Crippen molar-refractivity contribution in [2.45, 2.75) is 65.0 Å². The van der Waals surface area contributed by atoms with Gasteiger partial charge in [0.25, 0.3) is 5.91 Å². The molecule has 1 aromatic heterocycles. The molecule has 0 radical (unpaired) electrons. The van der Waals surface area contributed by atoms with Crippen molar-refractivity contribution in [2.24, 2.45) is 11.8 Å². The second-order valence-corrected chi connectivity index (χ2v) is 7.93. The Balaban J connectivity index is 1.91. The van der Waals surface area contributed by atoms with E-state index in [2.05, 4.69) is 15.6 Å². The van der Waals surface area contributed by atoms with Gasteiger partial charge in [0.1, 0.15) is 11.9 Å². The van der Waals surface area contributed by atoms with Crippen LogP contribution in [0.1, 0.15) is 52.9 Å². The fourth-order valence-electron chi connectivity index (χ4n) is 3.11. The topological polar surface area (TPSA) is 97.4 Å². The minimum Gasteiger partial charge on any atom is -0.451 e. The van der Waals surface area contributed by atoms with Crippen LogP contribution in [-0.2, 0) is 19.1 Å². The number of hydrogen-bond acceptors (Lipinski definition) is 5. The SMILES string of the molecule is CC(OC(=O)C(NC(=O)C1CCCCC1)C(C)C)C(=O)Nc1ccc(Cl)cn1. The van der Waals surface area contributed by atoms with Gasteiger partial charge in [0.2, 0.25) is 5.91 Å². The Labute approximate surface area is 170 Å². The molecule has 0 aromatic carbocycles. The molecule has 0 saturated heterocycles. The van der Waals surface area contributed by atoms with Gasteiger partial charge in [0.15, 0.2) is 6.10 Å². The van der Waals surface area contributed by atoms with Crippen LogP contribution in [0.3, 0.4) is 0 Å². The Morgan fingerprint density at radius 3 is 2.39 bits per heavy atom. The highest BCUT2D eigenvalue weighted by molar-refractivity contribution is 6.30. The minimum absolute atomic E-state index is 0.0560. The van der Waals surface area contributed by atoms with Crippen LogP contribution < -0.4 is 10.6 Å². The summed E-state index contributed by atoms with van der Waals surface area (Å²) in [6.07, 6.45) is 5.28. The third-order valence-corrected chi connectivity index (χ3v) is 5.06. The molecule has 1 fully saturated rings. The Morgan fingerprint density at radius 2 is 1.82 bits per heavy atom. The lowest BCUT2D eigenvalue weighted by Gasteiger charge is -2.26. The molecule has 1 aliphatic carbocycles. The van der Waals surface area contributed by atoms with Crippen LogP contribution in [0.4, 0.5) is 5.82 Å². The lowest BCUT2D eigenvalue weighted by Crippen LogP contribution is -2.49. The van der Waals surface area contributed by atoms with Crippen LogP contribution >= 0.6 is 11.6 Å². The smallest absolute Gasteiger partial charge is 0.329 e. The molecule has 0 bridgehead atoms. The molecule has 8 heteroatoms. The van der Waals surface area contributed by atoms with Crippen molar-refractivity contribution in [3.63, 3.8) is 0 Å². The maximum Gasteiger partial charge on any atom is 0.329 e. The van der Waals surface area contributed by atoms with Crippen LogP contribution in [0.5, 0.6) is 0 Å². The van der Waals surface area contributed by atoms with E-state index in [4.69, 9.17) is 16.3 Å². The fourth-order valence-corrected chi connectivity index (χ4v) is 3.22. The number of ether oxygens (including phenoxy) is 1. The molecule has 2 N–H and O–H groups in total. The van der Waals surface area contributed by atoms with Gasteiger partial charge in [-0.3, -0.25) is 9.59 Å². The van der Waals surface area contributed by atoms with Gasteiger partial charge in [0, 0.05) is 12.1 Å². The summed E-state index contributed by atoms with van der Waals surface area (Å²) in [6, 6.07) is 2.35. The summed E-state index contributed by atoms with van der Waals surface area (Å²) < 4.78 is 5.30. The third kappa shape index (κ3) is 6.48. The number of aromatic nitrogens is 1. The quantitative estimate of drug-likeness (QED) is 0.673. The lowest BCUT2D eigenvalue weighted by molar-refractivity contribution is -0.157. The van der Waals surface area contributed by atoms with Crippen LogP contribution in [0.2, 0.25) is 5.02 Å². The minimum atomic E-state index is -1.03. The molecule has 1 saturated carbocycles. The number of rotatable bonds is 7. The summed E-state index contributed by atoms with van der Waals surface area (Å²) in [6.45, 7) is 5.13. The molecular weight excluding hydrogens is 382 g/mol. The summed E-state index contributed by atoms with van der Waals surface area (Å²) in [5.74, 6) is -1.15. The van der Waals surface area contributed by atoms with E-state index in [1.807, 2.05) is 13.8 Å². The van der Waals surface area contributed by atoms with Gasteiger partial charge in [-0.1, -0.05) is 44.7 Å². The monoisotopic (exact) mass is 409 g/mol. The van der Waals surface area contributed by atoms with Crippen molar-refractivity contribution < 1.29 is 19.1 Å². The number of carbonyl (C=O) groups is 3. The Bertz CT molecular complexity index is 687. The zero-order chi connectivity index (χ0) is 20.7. The molecule has 28 heavy (non-hydrogen) atoms. The number of esters is 1. The van der Waals surface area contributed by atoms with Crippen LogP contribution in [0.15, 0.2) is 18.3 Å². The van der Waals surface area contributed by atoms with Crippen LogP contribution in [0.25, 0.3) is 0 Å². The van der Waals surface area contributed by atoms with Gasteiger partial charge < -0.3 is 15.4 Å². The highest BCUT2D eigenvalue weighted by Crippen LogP contribution is 2.24. The van der Waals surface area contributed by atoms with E-state index >= 15 is 0 Å². The Kier molecular flexibility index (Phi) is 8.23. The first-order chi connectivity index (χ1) is 13.3. The molecule has 1 heterocycles. The van der Waals surface area contributed by atoms with E-state index < -0.39 is 24.0 Å². The average molecular weight is 410 g/mol. The van der Waals surface area contributed by atoms with Gasteiger partial charge in [-0.15, -0.1) is 0 Å². The van der Waals surface area contributed by atoms with E-state index in [1.165, 1.54) is 13.1 Å². The standard InChI is InChI=1S/C20H28ClN3O4/c1-12(2)17(24-19(26)14-7-5-4-6-8-14)20(27)28-13(3)18(25)23-16-10-9-15(21)11-22-16/h9-14,17H,4-8H2,1-3H3,(H,24,26)(H,22,23,25). The van der Waals surface area contributed by atoms with Crippen molar-refractivity contribution in [3.05, 3.63) is 23.4 Å². The number of nitrogens with one attached hydrogen (secondary N) is 2. The van der Waals surface area contributed by atoms with Crippen molar-refractivity contribution in [1.82, 2.24) is 10.3 Å². The summed E-state index contributed by atoms with van der Waals surface area (Å²) in [5, 5.41) is 5.83. The van der Waals surface area contributed by atoms with Crippen LogP contribution in [-0.4, -0.2) is 34.9 Å². The number of anilines is 1. The molecule has 1 aliphatic rings. The second kappa shape index (κ2) is 10.4. The maximum atomic E-state index is 12.6. The van der Waals surface area contributed by atoms with E-state index in [0.717, 1.165) is 32.1 Å². The zero-order valence-corrected chi connectivity index (χ0v) is 17.3. The normalized spacial score (nSPS) is 16.9. The summed E-state index contributed by atoms with van der Waals surface area (Å²) in [5.41, 5.74) is 0. The van der Waals surface area contributed by atoms with Gasteiger partial charge in [-0.05, 0) is 37.8 Å². The number of pyridine rings is 1. The Morgan fingerprint density at radius 1 is 1.14 bits per heavy atom. The highest BCUT2D eigenvalue weighted by Gasteiger charge is 2.31. The number of carbonyl (C=O) groups excluding carboxylic acids is 3. The Hall–Kier alpha value is -2.15. The van der Waals surface area contributed by atoms with Gasteiger partial charge in [-0.2, -0.15) is 0 Å². The molecule has 2 rings (SSSR count). The second-order valence-electron chi connectivity index (χ2n) is 7.50. The third-order valence-electron chi connectivity index (χ3n) is 4.84. The molecule has 2 unspecified atom stereocenters. The molecule has 7 nitrogen and oxygen atoms in total. The molecule has 2 atom stereocenters. The fraction of sp³-hybridized carbons (Fsp3) is 0.600. The van der Waals surface area contributed by atoms with E-state index in [0.29, 0.717) is 10.8 Å². The first-order valence-electron chi connectivity index (χ1n) is 9.71. The van der Waals surface area contributed by atoms with Crippen molar-refractivity contribution in [3.8, 4) is 0 Å². The molecule has 154 valence electrons. The predicted molar refractivity (Wildman–Crippen MR) is 107 cm³/mol. The average Bonchev–Trinajstić information content (AvgIpc) is 2.67. The van der Waals surface area contributed by atoms with Gasteiger partial charge in [0.05, 0.1) is 5.02 Å². The molecule has 1 aromatic rings. The summed E-state index contributed by atoms with van der Waals surface area (Å²) in [7, 11) is 0. The van der Waals surface area contributed by atoms with Crippen molar-refractivity contribution in [2.75, 3.05) is 5.32 Å². The van der Waals surface area contributed by atoms with Crippen molar-refractivity contribution in [1.29, 1.82) is 0 Å². The van der Waals surface area contributed by atoms with E-state index in [9.17, 15) is 14.4 Å².